The molecule has 250 valence electrons. The highest BCUT2D eigenvalue weighted by molar-refractivity contribution is 5.83. The molecular formula is C28H44N2O14. The largest absolute Gasteiger partial charge is 0.363 e. The van der Waals surface area contributed by atoms with Gasteiger partial charge in [-0.3, -0.25) is 20.4 Å². The van der Waals surface area contributed by atoms with Gasteiger partial charge in [-0.1, -0.05) is 0 Å². The Balaban J connectivity index is 0.996. The zero-order valence-electron chi connectivity index (χ0n) is 26.3. The fourth-order valence-corrected chi connectivity index (χ4v) is 6.30. The maximum Gasteiger partial charge on any atom is 0.264 e. The van der Waals surface area contributed by atoms with Crippen LogP contribution in [0.4, 0.5) is 0 Å². The first-order valence-electron chi connectivity index (χ1n) is 15.0. The highest BCUT2D eigenvalue weighted by Gasteiger charge is 2.60. The topological polar surface area (TPSA) is 169 Å². The highest BCUT2D eigenvalue weighted by Crippen LogP contribution is 2.43. The average molecular weight is 633 g/mol. The van der Waals surface area contributed by atoms with E-state index in [1.807, 2.05) is 0 Å². The summed E-state index contributed by atoms with van der Waals surface area (Å²) in [5.74, 6) is -4.53. The lowest BCUT2D eigenvalue weighted by Crippen LogP contribution is -2.49. The molecule has 0 bridgehead atoms. The molecule has 0 spiro atoms. The average Bonchev–Trinajstić information content (AvgIpc) is 3.71. The maximum atomic E-state index is 12.7. The van der Waals surface area contributed by atoms with Crippen molar-refractivity contribution in [3.8, 4) is 0 Å². The van der Waals surface area contributed by atoms with Crippen molar-refractivity contribution in [3.05, 3.63) is 0 Å². The minimum Gasteiger partial charge on any atom is -0.363 e. The second-order valence-electron chi connectivity index (χ2n) is 13.5. The molecule has 6 heterocycles. The normalized spacial score (nSPS) is 42.7. The summed E-state index contributed by atoms with van der Waals surface area (Å²) in [6.07, 6.45) is -6.05. The summed E-state index contributed by atoms with van der Waals surface area (Å²) in [5, 5.41) is 0. The third kappa shape index (κ3) is 6.91. The lowest BCUT2D eigenvalue weighted by Gasteiger charge is -2.29. The third-order valence-electron chi connectivity index (χ3n) is 8.00. The second-order valence-corrected chi connectivity index (χ2v) is 13.5. The summed E-state index contributed by atoms with van der Waals surface area (Å²) in [6.45, 7) is 14.1. The summed E-state index contributed by atoms with van der Waals surface area (Å²) in [4.78, 5) is 25.4. The van der Waals surface area contributed by atoms with Crippen LogP contribution in [0.5, 0.6) is 0 Å². The Hall–Kier alpha value is -1.54. The minimum atomic E-state index is -0.883. The van der Waals surface area contributed by atoms with E-state index in [1.54, 1.807) is 55.4 Å². The third-order valence-corrected chi connectivity index (χ3v) is 8.00. The number of hydrogen-bond donors (Lipinski definition) is 2. The van der Waals surface area contributed by atoms with Crippen LogP contribution in [0.15, 0.2) is 0 Å². The fourth-order valence-electron chi connectivity index (χ4n) is 6.30. The summed E-state index contributed by atoms with van der Waals surface area (Å²) < 4.78 is 71.1. The van der Waals surface area contributed by atoms with Crippen LogP contribution in [0.1, 0.15) is 55.4 Å². The van der Waals surface area contributed by atoms with Crippen molar-refractivity contribution in [2.24, 2.45) is 0 Å². The van der Waals surface area contributed by atoms with Crippen molar-refractivity contribution in [1.29, 1.82) is 0 Å². The van der Waals surface area contributed by atoms with Gasteiger partial charge in [0.1, 0.15) is 62.0 Å². The molecule has 6 saturated heterocycles. The first kappa shape index (κ1) is 32.4. The van der Waals surface area contributed by atoms with E-state index in [0.29, 0.717) is 0 Å². The number of fused-ring (bicyclic) bond motifs is 2. The summed E-state index contributed by atoms with van der Waals surface area (Å²) in [6, 6.07) is 0. The van der Waals surface area contributed by atoms with E-state index in [1.165, 1.54) is 0 Å². The zero-order valence-corrected chi connectivity index (χ0v) is 26.3. The van der Waals surface area contributed by atoms with Crippen molar-refractivity contribution >= 4 is 11.8 Å². The Labute approximate surface area is 255 Å². The molecule has 2 N–H and O–H groups in total. The molecule has 6 aliphatic heterocycles. The number of rotatable bonds is 8. The van der Waals surface area contributed by atoms with E-state index in [-0.39, 0.29) is 13.2 Å². The molecule has 0 aromatic heterocycles. The van der Waals surface area contributed by atoms with Gasteiger partial charge in [0, 0.05) is 0 Å². The highest BCUT2D eigenvalue weighted by atomic mass is 16.9. The van der Waals surface area contributed by atoms with Gasteiger partial charge in [-0.15, -0.1) is 0 Å². The van der Waals surface area contributed by atoms with Crippen LogP contribution in [-0.4, -0.2) is 123 Å². The summed E-state index contributed by atoms with van der Waals surface area (Å²) >= 11 is 0. The molecule has 44 heavy (non-hydrogen) atoms. The molecule has 0 aromatic carbocycles. The van der Waals surface area contributed by atoms with Gasteiger partial charge in [0.05, 0.1) is 13.2 Å². The van der Waals surface area contributed by atoms with Crippen LogP contribution in [-0.2, 0) is 66.4 Å². The number of ether oxygens (including phenoxy) is 12. The Morgan fingerprint density at radius 2 is 0.955 bits per heavy atom. The van der Waals surface area contributed by atoms with Crippen molar-refractivity contribution in [2.75, 3.05) is 26.4 Å². The predicted octanol–water partition coefficient (Wildman–Crippen LogP) is -0.0400. The Kier molecular flexibility index (Phi) is 8.55. The Bertz CT molecular complexity index is 1020. The predicted molar refractivity (Wildman–Crippen MR) is 143 cm³/mol. The van der Waals surface area contributed by atoms with Gasteiger partial charge >= 0.3 is 0 Å². The first-order valence-corrected chi connectivity index (χ1v) is 15.0. The molecule has 0 aliphatic carbocycles. The van der Waals surface area contributed by atoms with Gasteiger partial charge in [0.25, 0.3) is 11.8 Å². The standard InChI is InChI=1S/C28H44N2O14/c1-25(2)35-9-13(39-25)17-19(21-23(37-17)43-27(5,6)41-21)33-11-15(31)29-30-16(32)12-34-20-18(14-10-36-26(3,4)40-14)38-24-22(20)42-28(7,8)44-24/h13-14,17-24H,9-12H2,1-8H3,(H,29,31)(H,30,32)/t13-,14+,17-,18-,19+,20+,21-,22-,23-,24-/m1/s1. The smallest absolute Gasteiger partial charge is 0.264 e. The molecule has 6 aliphatic rings. The summed E-state index contributed by atoms with van der Waals surface area (Å²) in [7, 11) is 0. The van der Waals surface area contributed by atoms with E-state index in [2.05, 4.69) is 10.9 Å². The van der Waals surface area contributed by atoms with Crippen LogP contribution >= 0.6 is 0 Å². The molecule has 2 amide bonds. The van der Waals surface area contributed by atoms with Crippen molar-refractivity contribution in [2.45, 2.75) is 140 Å². The Morgan fingerprint density at radius 3 is 1.30 bits per heavy atom. The van der Waals surface area contributed by atoms with Gasteiger partial charge in [-0.25, -0.2) is 0 Å². The molecule has 16 nitrogen and oxygen atoms in total. The van der Waals surface area contributed by atoms with E-state index in [9.17, 15) is 9.59 Å². The van der Waals surface area contributed by atoms with Crippen LogP contribution in [0.3, 0.4) is 0 Å². The van der Waals surface area contributed by atoms with E-state index >= 15 is 0 Å². The minimum absolute atomic E-state index is 0.281. The van der Waals surface area contributed by atoms with E-state index in [4.69, 9.17) is 56.8 Å². The van der Waals surface area contributed by atoms with Crippen molar-refractivity contribution < 1.29 is 66.4 Å². The van der Waals surface area contributed by atoms with Gasteiger partial charge in [0.2, 0.25) is 0 Å². The van der Waals surface area contributed by atoms with Gasteiger partial charge in [0.15, 0.2) is 35.7 Å². The summed E-state index contributed by atoms with van der Waals surface area (Å²) in [5.41, 5.74) is 4.69. The number of carbonyl (C=O) groups excluding carboxylic acids is 2. The SMILES string of the molecule is CC1(C)O[C@H]2O[C@H]([C@@H]3COC(C)(C)O3)[C@H](OCC(=O)NNC(=O)CO[C@@H]3[C@H]4OC(C)(C)O[C@H]4O[C@@H]3[C@H]3COC(C)(C)O3)[C@H]2O1. The molecule has 10 atom stereocenters. The van der Waals surface area contributed by atoms with E-state index in [0.717, 1.165) is 0 Å². The molecule has 0 saturated carbocycles. The number of amides is 2. The molecule has 0 radical (unpaired) electrons. The van der Waals surface area contributed by atoms with Crippen molar-refractivity contribution in [1.82, 2.24) is 10.9 Å². The number of hydrogen-bond acceptors (Lipinski definition) is 14. The molecule has 6 rings (SSSR count). The van der Waals surface area contributed by atoms with Crippen LogP contribution < -0.4 is 10.9 Å². The maximum absolute atomic E-state index is 12.7. The molecular weight excluding hydrogens is 588 g/mol. The quantitative estimate of drug-likeness (QED) is 0.342. The van der Waals surface area contributed by atoms with Gasteiger partial charge in [-0.05, 0) is 55.4 Å². The second kappa shape index (κ2) is 11.6. The molecule has 6 fully saturated rings. The number of carbonyl (C=O) groups is 2. The van der Waals surface area contributed by atoms with Gasteiger partial charge in [-0.2, -0.15) is 0 Å². The van der Waals surface area contributed by atoms with Crippen LogP contribution in [0, 0.1) is 0 Å². The zero-order chi connectivity index (χ0) is 31.7. The fraction of sp³-hybridized carbons (Fsp3) is 0.929. The lowest BCUT2D eigenvalue weighted by molar-refractivity contribution is -0.236. The lowest BCUT2D eigenvalue weighted by atomic mass is 10.1. The molecule has 0 aromatic rings. The van der Waals surface area contributed by atoms with Crippen LogP contribution in [0.2, 0.25) is 0 Å². The number of hydrazine groups is 1. The van der Waals surface area contributed by atoms with Gasteiger partial charge < -0.3 is 56.8 Å². The monoisotopic (exact) mass is 632 g/mol. The molecule has 0 unspecified atom stereocenters. The van der Waals surface area contributed by atoms with Crippen LogP contribution in [0.25, 0.3) is 0 Å². The first-order chi connectivity index (χ1) is 20.5. The Morgan fingerprint density at radius 1 is 0.568 bits per heavy atom. The number of nitrogens with one attached hydrogen (secondary N) is 2. The van der Waals surface area contributed by atoms with E-state index < -0.39 is 110 Å². The molecule has 16 heteroatoms. The van der Waals surface area contributed by atoms with Crippen molar-refractivity contribution in [3.63, 3.8) is 0 Å².